The molecule has 4 N–H and O–H groups in total. The molecule has 0 saturated carbocycles. The van der Waals surface area contributed by atoms with Gasteiger partial charge < -0.3 is 21.3 Å². The van der Waals surface area contributed by atoms with Crippen LogP contribution in [-0.4, -0.2) is 30.0 Å². The van der Waals surface area contributed by atoms with Crippen LogP contribution in [0.3, 0.4) is 0 Å². The maximum Gasteiger partial charge on any atom is 0.167 e. The molecule has 0 fully saturated rings. The first-order chi connectivity index (χ1) is 6.20. The van der Waals surface area contributed by atoms with Crippen LogP contribution in [0.2, 0.25) is 0 Å². The minimum atomic E-state index is 0.539. The van der Waals surface area contributed by atoms with Crippen LogP contribution in [0.4, 0.5) is 0 Å². The van der Waals surface area contributed by atoms with Gasteiger partial charge in [-0.2, -0.15) is 0 Å². The zero-order valence-corrected chi connectivity index (χ0v) is 9.57. The van der Waals surface area contributed by atoms with Gasteiger partial charge in [-0.05, 0) is 38.3 Å². The number of nitrogens with one attached hydrogen (secondary N) is 4. The molecule has 0 aliphatic carbocycles. The number of hydrogen-bond donors (Lipinski definition) is 4. The molecule has 0 aliphatic rings. The standard InChI is InChI=1S/C7H16N4S2/c1-3-8-6(12)10-5-11-7(13)9-4-2/h3-5H2,1-2H3,(H2,8,10,12)(H2,9,11,13). The van der Waals surface area contributed by atoms with E-state index < -0.39 is 0 Å². The van der Waals surface area contributed by atoms with Gasteiger partial charge in [0.2, 0.25) is 0 Å². The van der Waals surface area contributed by atoms with Gasteiger partial charge in [-0.15, -0.1) is 0 Å². The van der Waals surface area contributed by atoms with E-state index >= 15 is 0 Å². The fourth-order valence-corrected chi connectivity index (χ4v) is 1.08. The zero-order chi connectivity index (χ0) is 10.1. The molecular formula is C7H16N4S2. The quantitative estimate of drug-likeness (QED) is 0.392. The van der Waals surface area contributed by atoms with Crippen LogP contribution in [0.25, 0.3) is 0 Å². The Bertz CT molecular complexity index is 154. The van der Waals surface area contributed by atoms with E-state index in [0.29, 0.717) is 16.9 Å². The average Bonchev–Trinajstić information content (AvgIpc) is 2.05. The van der Waals surface area contributed by atoms with Gasteiger partial charge in [-0.25, -0.2) is 0 Å². The van der Waals surface area contributed by atoms with Crippen molar-refractivity contribution in [2.24, 2.45) is 0 Å². The Balaban J connectivity index is 3.33. The minimum absolute atomic E-state index is 0.539. The summed E-state index contributed by atoms with van der Waals surface area (Å²) < 4.78 is 0. The van der Waals surface area contributed by atoms with E-state index in [1.165, 1.54) is 0 Å². The van der Waals surface area contributed by atoms with E-state index in [9.17, 15) is 0 Å². The monoisotopic (exact) mass is 220 g/mol. The third kappa shape index (κ3) is 7.73. The van der Waals surface area contributed by atoms with Gasteiger partial charge in [0.25, 0.3) is 0 Å². The Morgan fingerprint density at radius 2 is 1.23 bits per heavy atom. The SMILES string of the molecule is CCNC(=S)NCNC(=S)NCC. The molecule has 4 nitrogen and oxygen atoms in total. The molecule has 0 rings (SSSR count). The molecule has 0 spiro atoms. The van der Waals surface area contributed by atoms with E-state index in [1.807, 2.05) is 13.8 Å². The van der Waals surface area contributed by atoms with Crippen LogP contribution in [0.1, 0.15) is 13.8 Å². The summed E-state index contributed by atoms with van der Waals surface area (Å²) in [6.45, 7) is 6.17. The van der Waals surface area contributed by atoms with Crippen molar-refractivity contribution in [1.29, 1.82) is 0 Å². The van der Waals surface area contributed by atoms with Gasteiger partial charge >= 0.3 is 0 Å². The van der Waals surface area contributed by atoms with Crippen molar-refractivity contribution >= 4 is 34.7 Å². The Labute approximate surface area is 89.8 Å². The normalized spacial score (nSPS) is 8.77. The smallest absolute Gasteiger partial charge is 0.167 e. The Morgan fingerprint density at radius 3 is 1.54 bits per heavy atom. The zero-order valence-electron chi connectivity index (χ0n) is 7.94. The van der Waals surface area contributed by atoms with Crippen LogP contribution < -0.4 is 21.3 Å². The topological polar surface area (TPSA) is 48.1 Å². The van der Waals surface area contributed by atoms with Gasteiger partial charge in [-0.1, -0.05) is 0 Å². The van der Waals surface area contributed by atoms with Gasteiger partial charge in [0.15, 0.2) is 10.2 Å². The van der Waals surface area contributed by atoms with Gasteiger partial charge in [0.05, 0.1) is 6.67 Å². The number of thiocarbonyl (C=S) groups is 2. The lowest BCUT2D eigenvalue weighted by Gasteiger charge is -2.11. The average molecular weight is 220 g/mol. The molecule has 6 heteroatoms. The first-order valence-corrected chi connectivity index (χ1v) is 5.05. The molecule has 13 heavy (non-hydrogen) atoms. The first-order valence-electron chi connectivity index (χ1n) is 4.24. The Morgan fingerprint density at radius 1 is 0.846 bits per heavy atom. The highest BCUT2D eigenvalue weighted by atomic mass is 32.1. The highest BCUT2D eigenvalue weighted by Gasteiger charge is 1.93. The highest BCUT2D eigenvalue weighted by molar-refractivity contribution is 7.80. The summed E-state index contributed by atoms with van der Waals surface area (Å²) in [5.74, 6) is 0. The maximum absolute atomic E-state index is 4.94. The molecule has 0 aromatic heterocycles. The third-order valence-corrected chi connectivity index (χ3v) is 1.75. The van der Waals surface area contributed by atoms with Crippen molar-refractivity contribution in [3.63, 3.8) is 0 Å². The fourth-order valence-electron chi connectivity index (χ4n) is 0.651. The van der Waals surface area contributed by atoms with Crippen molar-refractivity contribution in [1.82, 2.24) is 21.3 Å². The second kappa shape index (κ2) is 8.00. The summed E-state index contributed by atoms with van der Waals surface area (Å²) in [7, 11) is 0. The predicted octanol–water partition coefficient (Wildman–Crippen LogP) is -0.0881. The summed E-state index contributed by atoms with van der Waals surface area (Å²) in [5, 5.41) is 13.1. The lowest BCUT2D eigenvalue weighted by Crippen LogP contribution is -2.45. The Hall–Kier alpha value is -0.620. The lowest BCUT2D eigenvalue weighted by molar-refractivity contribution is 0.783. The molecule has 0 bridgehead atoms. The fraction of sp³-hybridized carbons (Fsp3) is 0.714. The van der Waals surface area contributed by atoms with Gasteiger partial charge in [-0.3, -0.25) is 0 Å². The Kier molecular flexibility index (Phi) is 7.62. The summed E-state index contributed by atoms with van der Waals surface area (Å²) in [4.78, 5) is 0. The molecule has 0 aromatic carbocycles. The third-order valence-electron chi connectivity index (χ3n) is 1.17. The second-order valence-electron chi connectivity index (χ2n) is 2.25. The van der Waals surface area contributed by atoms with Crippen molar-refractivity contribution in [2.45, 2.75) is 13.8 Å². The van der Waals surface area contributed by atoms with E-state index in [0.717, 1.165) is 13.1 Å². The van der Waals surface area contributed by atoms with E-state index in [-0.39, 0.29) is 0 Å². The number of hydrogen-bond acceptors (Lipinski definition) is 2. The van der Waals surface area contributed by atoms with Gasteiger partial charge in [0.1, 0.15) is 0 Å². The molecule has 0 atom stereocenters. The van der Waals surface area contributed by atoms with Crippen LogP contribution >= 0.6 is 24.4 Å². The molecule has 0 aliphatic heterocycles. The van der Waals surface area contributed by atoms with E-state index in [4.69, 9.17) is 24.4 Å². The summed E-state index contributed by atoms with van der Waals surface area (Å²) >= 11 is 9.89. The maximum atomic E-state index is 4.94. The largest absolute Gasteiger partial charge is 0.363 e. The van der Waals surface area contributed by atoms with Crippen LogP contribution in [0.15, 0.2) is 0 Å². The van der Waals surface area contributed by atoms with Crippen LogP contribution in [0.5, 0.6) is 0 Å². The van der Waals surface area contributed by atoms with E-state index in [2.05, 4.69) is 21.3 Å². The molecule has 0 radical (unpaired) electrons. The van der Waals surface area contributed by atoms with Crippen LogP contribution in [-0.2, 0) is 0 Å². The summed E-state index contributed by atoms with van der Waals surface area (Å²) in [6, 6.07) is 0. The van der Waals surface area contributed by atoms with Crippen molar-refractivity contribution in [2.75, 3.05) is 19.8 Å². The van der Waals surface area contributed by atoms with Crippen molar-refractivity contribution in [3.05, 3.63) is 0 Å². The first kappa shape index (κ1) is 12.4. The molecule has 0 aromatic rings. The summed E-state index contributed by atoms with van der Waals surface area (Å²) in [5.41, 5.74) is 0. The molecular weight excluding hydrogens is 204 g/mol. The molecule has 0 amide bonds. The van der Waals surface area contributed by atoms with Crippen molar-refractivity contribution < 1.29 is 0 Å². The van der Waals surface area contributed by atoms with E-state index in [1.54, 1.807) is 0 Å². The minimum Gasteiger partial charge on any atom is -0.363 e. The molecule has 0 unspecified atom stereocenters. The number of rotatable bonds is 4. The molecule has 0 saturated heterocycles. The predicted molar refractivity (Wildman–Crippen MR) is 63.7 cm³/mol. The highest BCUT2D eigenvalue weighted by Crippen LogP contribution is 1.66. The molecule has 76 valence electrons. The molecule has 0 heterocycles. The summed E-state index contributed by atoms with van der Waals surface area (Å²) in [6.07, 6.45) is 0. The lowest BCUT2D eigenvalue weighted by atomic mass is 10.7. The van der Waals surface area contributed by atoms with Crippen LogP contribution in [0, 0.1) is 0 Å². The van der Waals surface area contributed by atoms with Gasteiger partial charge in [0, 0.05) is 13.1 Å². The second-order valence-corrected chi connectivity index (χ2v) is 3.07. The van der Waals surface area contributed by atoms with Crippen molar-refractivity contribution in [3.8, 4) is 0 Å².